The first-order valence-corrected chi connectivity index (χ1v) is 6.59. The lowest BCUT2D eigenvalue weighted by atomic mass is 10.1. The van der Waals surface area contributed by atoms with Gasteiger partial charge in [-0.2, -0.15) is 0 Å². The number of hydrogen-bond acceptors (Lipinski definition) is 2. The number of amides is 2. The Kier molecular flexibility index (Phi) is 4.56. The van der Waals surface area contributed by atoms with Gasteiger partial charge in [0.05, 0.1) is 11.3 Å². The van der Waals surface area contributed by atoms with Crippen molar-refractivity contribution < 1.29 is 14.7 Å². The lowest BCUT2D eigenvalue weighted by Gasteiger charge is -2.10. The average molecular weight is 284 g/mol. The van der Waals surface area contributed by atoms with E-state index in [1.165, 1.54) is 6.07 Å². The zero-order chi connectivity index (χ0) is 15.2. The molecular formula is C16H16N2O3. The summed E-state index contributed by atoms with van der Waals surface area (Å²) in [7, 11) is 0. The molecule has 0 bridgehead atoms. The molecule has 0 aliphatic rings. The van der Waals surface area contributed by atoms with Gasteiger partial charge in [-0.1, -0.05) is 31.2 Å². The van der Waals surface area contributed by atoms with Crippen LogP contribution >= 0.6 is 0 Å². The third kappa shape index (κ3) is 3.82. The number of carbonyl (C=O) groups excluding carboxylic acids is 1. The molecule has 2 aromatic carbocycles. The monoisotopic (exact) mass is 284 g/mol. The summed E-state index contributed by atoms with van der Waals surface area (Å²) in [5, 5.41) is 14.3. The second kappa shape index (κ2) is 6.56. The summed E-state index contributed by atoms with van der Waals surface area (Å²) in [6.07, 6.45) is 0.874. The van der Waals surface area contributed by atoms with Crippen LogP contribution in [-0.2, 0) is 6.42 Å². The average Bonchev–Trinajstić information content (AvgIpc) is 2.47. The van der Waals surface area contributed by atoms with E-state index in [1.54, 1.807) is 24.3 Å². The minimum atomic E-state index is -1.08. The highest BCUT2D eigenvalue weighted by atomic mass is 16.4. The van der Waals surface area contributed by atoms with Gasteiger partial charge in [0.25, 0.3) is 0 Å². The van der Waals surface area contributed by atoms with Gasteiger partial charge >= 0.3 is 12.0 Å². The van der Waals surface area contributed by atoms with Crippen LogP contribution in [0.4, 0.5) is 16.2 Å². The Bertz CT molecular complexity index is 668. The van der Waals surface area contributed by atoms with Crippen LogP contribution in [0.2, 0.25) is 0 Å². The van der Waals surface area contributed by atoms with E-state index in [-0.39, 0.29) is 11.3 Å². The molecule has 0 aliphatic carbocycles. The smallest absolute Gasteiger partial charge is 0.337 e. The molecule has 0 aliphatic heterocycles. The van der Waals surface area contributed by atoms with E-state index in [0.717, 1.165) is 12.0 Å². The minimum absolute atomic E-state index is 0.0509. The second-order valence-electron chi connectivity index (χ2n) is 4.48. The molecular weight excluding hydrogens is 268 g/mol. The van der Waals surface area contributed by atoms with Crippen LogP contribution in [0.15, 0.2) is 48.5 Å². The van der Waals surface area contributed by atoms with Gasteiger partial charge in [-0.3, -0.25) is 0 Å². The number of anilines is 2. The van der Waals surface area contributed by atoms with Crippen LogP contribution in [0.25, 0.3) is 0 Å². The highest BCUT2D eigenvalue weighted by Crippen LogP contribution is 2.16. The van der Waals surface area contributed by atoms with Crippen molar-refractivity contribution in [1.29, 1.82) is 0 Å². The van der Waals surface area contributed by atoms with E-state index in [2.05, 4.69) is 10.6 Å². The fourth-order valence-corrected chi connectivity index (χ4v) is 1.93. The number of hydrogen-bond donors (Lipinski definition) is 3. The van der Waals surface area contributed by atoms with Crippen molar-refractivity contribution in [1.82, 2.24) is 0 Å². The van der Waals surface area contributed by atoms with Crippen LogP contribution in [0, 0.1) is 0 Å². The molecule has 0 unspecified atom stereocenters. The zero-order valence-electron chi connectivity index (χ0n) is 11.6. The van der Waals surface area contributed by atoms with E-state index < -0.39 is 12.0 Å². The standard InChI is InChI=1S/C16H16N2O3/c1-2-11-6-5-7-12(10-11)17-16(21)18-14-9-4-3-8-13(14)15(19)20/h3-10H,2H2,1H3,(H,19,20)(H2,17,18,21). The maximum Gasteiger partial charge on any atom is 0.337 e. The van der Waals surface area contributed by atoms with Crippen LogP contribution in [-0.4, -0.2) is 17.1 Å². The zero-order valence-corrected chi connectivity index (χ0v) is 11.6. The number of aromatic carboxylic acids is 1. The molecule has 108 valence electrons. The maximum absolute atomic E-state index is 11.9. The molecule has 0 saturated heterocycles. The highest BCUT2D eigenvalue weighted by molar-refractivity contribution is 6.04. The van der Waals surface area contributed by atoms with Gasteiger partial charge in [0.15, 0.2) is 0 Å². The molecule has 3 N–H and O–H groups in total. The van der Waals surface area contributed by atoms with Gasteiger partial charge in [-0.15, -0.1) is 0 Å². The third-order valence-electron chi connectivity index (χ3n) is 3.00. The lowest BCUT2D eigenvalue weighted by Crippen LogP contribution is -2.21. The molecule has 2 amide bonds. The fourth-order valence-electron chi connectivity index (χ4n) is 1.93. The predicted molar refractivity (Wildman–Crippen MR) is 81.9 cm³/mol. The van der Waals surface area contributed by atoms with Crippen molar-refractivity contribution in [3.8, 4) is 0 Å². The SMILES string of the molecule is CCc1cccc(NC(=O)Nc2ccccc2C(=O)O)c1. The summed E-state index contributed by atoms with van der Waals surface area (Å²) in [5.74, 6) is -1.08. The summed E-state index contributed by atoms with van der Waals surface area (Å²) >= 11 is 0. The summed E-state index contributed by atoms with van der Waals surface area (Å²) in [6.45, 7) is 2.03. The molecule has 5 nitrogen and oxygen atoms in total. The Morgan fingerprint density at radius 3 is 2.52 bits per heavy atom. The van der Waals surface area contributed by atoms with Crippen molar-refractivity contribution in [3.05, 3.63) is 59.7 Å². The number of urea groups is 1. The van der Waals surface area contributed by atoms with E-state index >= 15 is 0 Å². The highest BCUT2D eigenvalue weighted by Gasteiger charge is 2.11. The van der Waals surface area contributed by atoms with Crippen LogP contribution in [0.5, 0.6) is 0 Å². The quantitative estimate of drug-likeness (QED) is 0.802. The van der Waals surface area contributed by atoms with E-state index in [4.69, 9.17) is 5.11 Å². The van der Waals surface area contributed by atoms with Crippen LogP contribution in [0.3, 0.4) is 0 Å². The van der Waals surface area contributed by atoms with Crippen LogP contribution in [0.1, 0.15) is 22.8 Å². The van der Waals surface area contributed by atoms with Gasteiger partial charge in [0.1, 0.15) is 0 Å². The van der Waals surface area contributed by atoms with Crippen molar-refractivity contribution in [3.63, 3.8) is 0 Å². The molecule has 2 aromatic rings. The first kappa shape index (κ1) is 14.6. The molecule has 21 heavy (non-hydrogen) atoms. The summed E-state index contributed by atoms with van der Waals surface area (Å²) in [4.78, 5) is 23.0. The molecule has 0 fully saturated rings. The van der Waals surface area contributed by atoms with Gasteiger partial charge in [0.2, 0.25) is 0 Å². The number of aryl methyl sites for hydroxylation is 1. The summed E-state index contributed by atoms with van der Waals surface area (Å²) in [6, 6.07) is 13.3. The normalized spacial score (nSPS) is 9.95. The predicted octanol–water partition coefficient (Wildman–Crippen LogP) is 3.59. The van der Waals surface area contributed by atoms with E-state index in [0.29, 0.717) is 5.69 Å². The maximum atomic E-state index is 11.9. The molecule has 0 aromatic heterocycles. The fraction of sp³-hybridized carbons (Fsp3) is 0.125. The number of benzene rings is 2. The number of carboxylic acids is 1. The number of rotatable bonds is 4. The van der Waals surface area contributed by atoms with Gasteiger partial charge < -0.3 is 15.7 Å². The van der Waals surface area contributed by atoms with E-state index in [1.807, 2.05) is 25.1 Å². The van der Waals surface area contributed by atoms with Crippen LogP contribution < -0.4 is 10.6 Å². The Balaban J connectivity index is 2.10. The molecule has 0 atom stereocenters. The molecule has 2 rings (SSSR count). The van der Waals surface area contributed by atoms with Gasteiger partial charge in [-0.05, 0) is 36.2 Å². The first-order valence-electron chi connectivity index (χ1n) is 6.59. The molecule has 5 heteroatoms. The lowest BCUT2D eigenvalue weighted by molar-refractivity contribution is 0.0698. The number of carboxylic acid groups (broad SMARTS) is 1. The largest absolute Gasteiger partial charge is 0.478 e. The first-order chi connectivity index (χ1) is 10.1. The summed E-state index contributed by atoms with van der Waals surface area (Å²) in [5.41, 5.74) is 2.09. The topological polar surface area (TPSA) is 78.4 Å². The number of para-hydroxylation sites is 1. The minimum Gasteiger partial charge on any atom is -0.478 e. The Morgan fingerprint density at radius 2 is 1.81 bits per heavy atom. The Morgan fingerprint density at radius 1 is 1.05 bits per heavy atom. The molecule has 0 saturated carbocycles. The van der Waals surface area contributed by atoms with Gasteiger partial charge in [-0.25, -0.2) is 9.59 Å². The van der Waals surface area contributed by atoms with Crippen molar-refractivity contribution in [2.45, 2.75) is 13.3 Å². The Labute approximate surface area is 122 Å². The summed E-state index contributed by atoms with van der Waals surface area (Å²) < 4.78 is 0. The molecule has 0 radical (unpaired) electrons. The number of nitrogens with one attached hydrogen (secondary N) is 2. The van der Waals surface area contributed by atoms with E-state index in [9.17, 15) is 9.59 Å². The molecule has 0 spiro atoms. The molecule has 0 heterocycles. The number of carbonyl (C=O) groups is 2. The van der Waals surface area contributed by atoms with Crippen molar-refractivity contribution >= 4 is 23.4 Å². The third-order valence-corrected chi connectivity index (χ3v) is 3.00. The Hall–Kier alpha value is -2.82. The van der Waals surface area contributed by atoms with Gasteiger partial charge in [0, 0.05) is 5.69 Å². The van der Waals surface area contributed by atoms with Crippen molar-refractivity contribution in [2.24, 2.45) is 0 Å². The van der Waals surface area contributed by atoms with Crippen molar-refractivity contribution in [2.75, 3.05) is 10.6 Å². The second-order valence-corrected chi connectivity index (χ2v) is 4.48.